The Morgan fingerprint density at radius 3 is 2.78 bits per heavy atom. The molecule has 0 saturated carbocycles. The summed E-state index contributed by atoms with van der Waals surface area (Å²) < 4.78 is 4.93. The van der Waals surface area contributed by atoms with Gasteiger partial charge < -0.3 is 4.74 Å². The van der Waals surface area contributed by atoms with Crippen LogP contribution in [-0.2, 0) is 9.53 Å². The Bertz CT molecular complexity index is 495. The number of para-hydroxylation sites is 1. The van der Waals surface area contributed by atoms with Gasteiger partial charge in [0, 0.05) is 25.8 Å². The maximum absolute atomic E-state index is 11.7. The second kappa shape index (κ2) is 7.31. The molecule has 0 heterocycles. The molecule has 0 unspecified atom stereocenters. The zero-order valence-electron chi connectivity index (χ0n) is 10.9. The summed E-state index contributed by atoms with van der Waals surface area (Å²) in [6, 6.07) is 7.56. The first kappa shape index (κ1) is 14.0. The van der Waals surface area contributed by atoms with E-state index in [0.29, 0.717) is 6.61 Å². The van der Waals surface area contributed by atoms with E-state index in [1.807, 2.05) is 24.3 Å². The van der Waals surface area contributed by atoms with E-state index in [2.05, 4.69) is 11.8 Å². The molecule has 0 aliphatic rings. The molecule has 1 aromatic carbocycles. The summed E-state index contributed by atoms with van der Waals surface area (Å²) in [5.41, 5.74) is 1.61. The molecule has 0 fully saturated rings. The van der Waals surface area contributed by atoms with E-state index < -0.39 is 0 Å². The van der Waals surface area contributed by atoms with Crippen LogP contribution < -0.4 is 4.90 Å². The first-order valence-electron chi connectivity index (χ1n) is 5.68. The molecular weight excluding hydrogens is 226 g/mol. The van der Waals surface area contributed by atoms with Crippen LogP contribution in [0.1, 0.15) is 19.4 Å². The summed E-state index contributed by atoms with van der Waals surface area (Å²) in [6.45, 7) is 3.76. The second-order valence-electron chi connectivity index (χ2n) is 3.62. The van der Waals surface area contributed by atoms with Gasteiger partial charge in [-0.15, -0.1) is 5.92 Å². The van der Waals surface area contributed by atoms with Gasteiger partial charge in [0.15, 0.2) is 0 Å². The van der Waals surface area contributed by atoms with Crippen LogP contribution in [0, 0.1) is 11.8 Å². The molecular formula is C15H17NO2. The van der Waals surface area contributed by atoms with Crippen molar-refractivity contribution in [1.82, 2.24) is 0 Å². The number of benzene rings is 1. The molecule has 3 heteroatoms. The molecule has 0 aliphatic heterocycles. The van der Waals surface area contributed by atoms with Crippen molar-refractivity contribution in [2.45, 2.75) is 13.8 Å². The smallest absolute Gasteiger partial charge is 0.227 e. The van der Waals surface area contributed by atoms with Crippen LogP contribution in [0.15, 0.2) is 36.5 Å². The highest BCUT2D eigenvalue weighted by molar-refractivity contribution is 5.94. The normalized spacial score (nSPS) is 9.94. The number of anilines is 1. The fourth-order valence-corrected chi connectivity index (χ4v) is 1.52. The zero-order chi connectivity index (χ0) is 13.4. The van der Waals surface area contributed by atoms with Crippen molar-refractivity contribution in [3.8, 4) is 11.8 Å². The molecule has 0 N–H and O–H groups in total. The van der Waals surface area contributed by atoms with Gasteiger partial charge in [-0.05, 0) is 25.1 Å². The second-order valence-corrected chi connectivity index (χ2v) is 3.62. The number of methoxy groups -OCH3 is 1. The molecule has 18 heavy (non-hydrogen) atoms. The molecule has 0 atom stereocenters. The number of rotatable bonds is 4. The molecule has 0 saturated heterocycles. The van der Waals surface area contributed by atoms with Gasteiger partial charge in [0.25, 0.3) is 0 Å². The molecule has 0 bridgehead atoms. The topological polar surface area (TPSA) is 29.5 Å². The van der Waals surface area contributed by atoms with E-state index >= 15 is 0 Å². The third-order valence-corrected chi connectivity index (χ3v) is 2.28. The van der Waals surface area contributed by atoms with Gasteiger partial charge in [-0.2, -0.15) is 0 Å². The van der Waals surface area contributed by atoms with E-state index in [-0.39, 0.29) is 5.91 Å². The zero-order valence-corrected chi connectivity index (χ0v) is 10.9. The van der Waals surface area contributed by atoms with Crippen molar-refractivity contribution in [1.29, 1.82) is 0 Å². The maximum atomic E-state index is 11.7. The summed E-state index contributed by atoms with van der Waals surface area (Å²) >= 11 is 0. The Kier molecular flexibility index (Phi) is 5.69. The number of ether oxygens (including phenoxy) is 1. The maximum Gasteiger partial charge on any atom is 0.227 e. The van der Waals surface area contributed by atoms with Gasteiger partial charge in [-0.3, -0.25) is 9.69 Å². The van der Waals surface area contributed by atoms with Gasteiger partial charge in [0.05, 0.1) is 12.3 Å². The molecule has 3 nitrogen and oxygen atoms in total. The number of amides is 1. The fraction of sp³-hybridized carbons (Fsp3) is 0.267. The Balaban J connectivity index is 3.12. The Morgan fingerprint density at radius 2 is 2.17 bits per heavy atom. The number of hydrogen-bond acceptors (Lipinski definition) is 2. The SMILES string of the molecule is CC#Cc1ccccc1N(/C=C/COC)C(C)=O. The summed E-state index contributed by atoms with van der Waals surface area (Å²) in [7, 11) is 1.61. The van der Waals surface area contributed by atoms with Gasteiger partial charge in [-0.1, -0.05) is 18.1 Å². The van der Waals surface area contributed by atoms with Crippen LogP contribution in [0.3, 0.4) is 0 Å². The van der Waals surface area contributed by atoms with E-state index in [1.165, 1.54) is 6.92 Å². The lowest BCUT2D eigenvalue weighted by Gasteiger charge is -2.18. The van der Waals surface area contributed by atoms with Crippen LogP contribution in [0.4, 0.5) is 5.69 Å². The number of carbonyl (C=O) groups excluding carboxylic acids is 1. The minimum absolute atomic E-state index is 0.0623. The average Bonchev–Trinajstić information content (AvgIpc) is 2.36. The fourth-order valence-electron chi connectivity index (χ4n) is 1.52. The summed E-state index contributed by atoms with van der Waals surface area (Å²) in [6.07, 6.45) is 3.50. The molecule has 1 amide bonds. The summed E-state index contributed by atoms with van der Waals surface area (Å²) in [5.74, 6) is 5.78. The van der Waals surface area contributed by atoms with Gasteiger partial charge in [0.1, 0.15) is 0 Å². The van der Waals surface area contributed by atoms with E-state index in [0.717, 1.165) is 11.3 Å². The van der Waals surface area contributed by atoms with Crippen LogP contribution in [0.5, 0.6) is 0 Å². The Hall–Kier alpha value is -2.05. The van der Waals surface area contributed by atoms with Crippen LogP contribution in [0.2, 0.25) is 0 Å². The van der Waals surface area contributed by atoms with Crippen molar-refractivity contribution >= 4 is 11.6 Å². The van der Waals surface area contributed by atoms with Crippen LogP contribution in [0.25, 0.3) is 0 Å². The van der Waals surface area contributed by atoms with Crippen LogP contribution >= 0.6 is 0 Å². The molecule has 1 rings (SSSR count). The van der Waals surface area contributed by atoms with Crippen molar-refractivity contribution in [3.63, 3.8) is 0 Å². The number of nitrogens with zero attached hydrogens (tertiary/aromatic N) is 1. The van der Waals surface area contributed by atoms with Crippen molar-refractivity contribution < 1.29 is 9.53 Å². The monoisotopic (exact) mass is 243 g/mol. The van der Waals surface area contributed by atoms with Crippen molar-refractivity contribution in [2.75, 3.05) is 18.6 Å². The van der Waals surface area contributed by atoms with Crippen molar-refractivity contribution in [3.05, 3.63) is 42.1 Å². The summed E-state index contributed by atoms with van der Waals surface area (Å²) in [5, 5.41) is 0. The lowest BCUT2D eigenvalue weighted by molar-refractivity contribution is -0.116. The quantitative estimate of drug-likeness (QED) is 0.761. The van der Waals surface area contributed by atoms with Crippen LogP contribution in [-0.4, -0.2) is 19.6 Å². The lowest BCUT2D eigenvalue weighted by Crippen LogP contribution is -2.22. The largest absolute Gasteiger partial charge is 0.381 e. The molecule has 0 radical (unpaired) electrons. The first-order valence-corrected chi connectivity index (χ1v) is 5.68. The van der Waals surface area contributed by atoms with E-state index in [1.54, 1.807) is 31.2 Å². The molecule has 94 valence electrons. The third-order valence-electron chi connectivity index (χ3n) is 2.28. The molecule has 1 aromatic rings. The summed E-state index contributed by atoms with van der Waals surface area (Å²) in [4.78, 5) is 13.2. The van der Waals surface area contributed by atoms with Gasteiger partial charge in [0.2, 0.25) is 5.91 Å². The molecule has 0 aliphatic carbocycles. The highest BCUT2D eigenvalue weighted by Crippen LogP contribution is 2.20. The first-order chi connectivity index (χ1) is 8.70. The molecule has 0 spiro atoms. The van der Waals surface area contributed by atoms with E-state index in [9.17, 15) is 4.79 Å². The predicted molar refractivity (Wildman–Crippen MR) is 73.2 cm³/mol. The minimum atomic E-state index is -0.0623. The number of carbonyl (C=O) groups is 1. The van der Waals surface area contributed by atoms with Gasteiger partial charge in [-0.25, -0.2) is 0 Å². The standard InChI is InChI=1S/C15H17NO2/c1-4-8-14-9-5-6-10-15(14)16(13(2)17)11-7-12-18-3/h5-7,9-11H,12H2,1-3H3/b11-7+. The lowest BCUT2D eigenvalue weighted by atomic mass is 10.1. The number of hydrogen-bond donors (Lipinski definition) is 0. The van der Waals surface area contributed by atoms with E-state index in [4.69, 9.17) is 4.74 Å². The highest BCUT2D eigenvalue weighted by atomic mass is 16.5. The van der Waals surface area contributed by atoms with Gasteiger partial charge >= 0.3 is 0 Å². The highest BCUT2D eigenvalue weighted by Gasteiger charge is 2.10. The average molecular weight is 243 g/mol. The Labute approximate surface area is 108 Å². The van der Waals surface area contributed by atoms with Crippen molar-refractivity contribution in [2.24, 2.45) is 0 Å². The third kappa shape index (κ3) is 3.76. The predicted octanol–water partition coefficient (Wildman–Crippen LogP) is 2.57. The minimum Gasteiger partial charge on any atom is -0.381 e. The molecule has 0 aromatic heterocycles. The Morgan fingerprint density at radius 1 is 1.44 bits per heavy atom.